The van der Waals surface area contributed by atoms with Crippen LogP contribution in [-0.2, 0) is 6.54 Å². The Kier molecular flexibility index (Phi) is 3.32. The lowest BCUT2D eigenvalue weighted by molar-refractivity contribution is 0.316. The third kappa shape index (κ3) is 2.68. The molecule has 6 heteroatoms. The molecule has 1 aromatic rings. The maximum Gasteiger partial charge on any atom is 0.140 e. The molecule has 0 amide bonds. The Morgan fingerprint density at radius 3 is 3.08 bits per heavy atom. The van der Waals surface area contributed by atoms with E-state index in [1.807, 2.05) is 6.20 Å². The predicted octanol–water partition coefficient (Wildman–Crippen LogP) is 0.624. The Morgan fingerprint density at radius 1 is 1.83 bits per heavy atom. The van der Waals surface area contributed by atoms with Crippen LogP contribution in [0.15, 0.2) is 17.5 Å². The van der Waals surface area contributed by atoms with E-state index in [0.717, 1.165) is 3.57 Å². The van der Waals surface area contributed by atoms with Crippen LogP contribution in [0.5, 0.6) is 0 Å². The maximum atomic E-state index is 8.25. The second-order valence-corrected chi connectivity index (χ2v) is 3.51. The fourth-order valence-corrected chi connectivity index (χ4v) is 1.19. The molecule has 5 nitrogen and oxygen atoms in total. The van der Waals surface area contributed by atoms with Crippen molar-refractivity contribution >= 4 is 28.4 Å². The zero-order chi connectivity index (χ0) is 8.97. The molecule has 0 unspecified atom stereocenters. The van der Waals surface area contributed by atoms with E-state index in [4.69, 9.17) is 10.9 Å². The SMILES string of the molecule is NC(CCn1cc(I)cn1)=NO. The van der Waals surface area contributed by atoms with E-state index in [1.54, 1.807) is 10.9 Å². The lowest BCUT2D eigenvalue weighted by Crippen LogP contribution is -2.14. The first kappa shape index (κ1) is 9.30. The van der Waals surface area contributed by atoms with Crippen molar-refractivity contribution in [2.45, 2.75) is 13.0 Å². The van der Waals surface area contributed by atoms with Crippen molar-refractivity contribution in [3.05, 3.63) is 16.0 Å². The van der Waals surface area contributed by atoms with Crippen molar-refractivity contribution in [1.29, 1.82) is 0 Å². The average Bonchev–Trinajstić information content (AvgIpc) is 2.47. The summed E-state index contributed by atoms with van der Waals surface area (Å²) in [5.41, 5.74) is 5.28. The minimum absolute atomic E-state index is 0.223. The zero-order valence-electron chi connectivity index (χ0n) is 6.31. The third-order valence-corrected chi connectivity index (χ3v) is 1.88. The minimum atomic E-state index is 0.223. The van der Waals surface area contributed by atoms with Crippen LogP contribution in [0.1, 0.15) is 6.42 Å². The number of aromatic nitrogens is 2. The third-order valence-electron chi connectivity index (χ3n) is 1.33. The summed E-state index contributed by atoms with van der Waals surface area (Å²) in [6.45, 7) is 0.638. The van der Waals surface area contributed by atoms with Gasteiger partial charge in [-0.25, -0.2) is 0 Å². The van der Waals surface area contributed by atoms with E-state index in [1.165, 1.54) is 0 Å². The van der Waals surface area contributed by atoms with Gasteiger partial charge in [0.1, 0.15) is 5.84 Å². The first-order valence-electron chi connectivity index (χ1n) is 3.36. The molecule has 0 bridgehead atoms. The van der Waals surface area contributed by atoms with Gasteiger partial charge in [0.15, 0.2) is 0 Å². The fraction of sp³-hybridized carbons (Fsp3) is 0.333. The molecule has 0 fully saturated rings. The second-order valence-electron chi connectivity index (χ2n) is 2.26. The molecule has 12 heavy (non-hydrogen) atoms. The summed E-state index contributed by atoms with van der Waals surface area (Å²) in [7, 11) is 0. The smallest absolute Gasteiger partial charge is 0.140 e. The molecule has 0 aliphatic heterocycles. The van der Waals surface area contributed by atoms with Gasteiger partial charge in [-0.3, -0.25) is 4.68 Å². The quantitative estimate of drug-likeness (QED) is 0.280. The van der Waals surface area contributed by atoms with Crippen LogP contribution < -0.4 is 5.73 Å². The van der Waals surface area contributed by atoms with Crippen LogP contribution in [0, 0.1) is 3.57 Å². The summed E-state index contributed by atoms with van der Waals surface area (Å²) in [6, 6.07) is 0. The summed E-state index contributed by atoms with van der Waals surface area (Å²) >= 11 is 2.17. The van der Waals surface area contributed by atoms with E-state index in [-0.39, 0.29) is 5.84 Å². The Bertz CT molecular complexity index is 283. The topological polar surface area (TPSA) is 76.4 Å². The van der Waals surface area contributed by atoms with Crippen molar-refractivity contribution in [3.63, 3.8) is 0 Å². The summed E-state index contributed by atoms with van der Waals surface area (Å²) in [5.74, 6) is 0.223. The van der Waals surface area contributed by atoms with Gasteiger partial charge in [-0.05, 0) is 22.6 Å². The average molecular weight is 280 g/mol. The number of rotatable bonds is 3. The summed E-state index contributed by atoms with van der Waals surface area (Å²) in [4.78, 5) is 0. The van der Waals surface area contributed by atoms with E-state index in [0.29, 0.717) is 13.0 Å². The van der Waals surface area contributed by atoms with Crippen molar-refractivity contribution in [2.24, 2.45) is 10.9 Å². The molecule has 1 heterocycles. The van der Waals surface area contributed by atoms with Crippen molar-refractivity contribution in [2.75, 3.05) is 0 Å². The van der Waals surface area contributed by atoms with Crippen molar-refractivity contribution < 1.29 is 5.21 Å². The van der Waals surface area contributed by atoms with Gasteiger partial charge >= 0.3 is 0 Å². The molecular formula is C6H9IN4O. The van der Waals surface area contributed by atoms with Gasteiger partial charge in [0.05, 0.1) is 9.77 Å². The van der Waals surface area contributed by atoms with E-state index in [9.17, 15) is 0 Å². The molecule has 0 aliphatic carbocycles. The predicted molar refractivity (Wildman–Crippen MR) is 53.0 cm³/mol. The van der Waals surface area contributed by atoms with Crippen molar-refractivity contribution in [3.8, 4) is 0 Å². The van der Waals surface area contributed by atoms with E-state index < -0.39 is 0 Å². The van der Waals surface area contributed by atoms with Gasteiger partial charge in [-0.15, -0.1) is 0 Å². The van der Waals surface area contributed by atoms with Crippen LogP contribution in [0.25, 0.3) is 0 Å². The standard InChI is InChI=1S/C6H9IN4O/c7-5-3-9-11(4-5)2-1-6(8)10-12/h3-4,12H,1-2H2,(H2,8,10). The highest BCUT2D eigenvalue weighted by Crippen LogP contribution is 2.01. The molecular weight excluding hydrogens is 271 g/mol. The van der Waals surface area contributed by atoms with Crippen molar-refractivity contribution in [1.82, 2.24) is 9.78 Å². The Labute approximate surface area is 83.4 Å². The first-order chi connectivity index (χ1) is 5.72. The maximum absolute atomic E-state index is 8.25. The van der Waals surface area contributed by atoms with Crippen LogP contribution in [0.2, 0.25) is 0 Å². The number of hydrogen-bond acceptors (Lipinski definition) is 3. The molecule has 1 rings (SSSR count). The molecule has 0 aromatic carbocycles. The Morgan fingerprint density at radius 2 is 2.58 bits per heavy atom. The number of nitrogens with zero attached hydrogens (tertiary/aromatic N) is 3. The van der Waals surface area contributed by atoms with Gasteiger partial charge in [-0.2, -0.15) is 5.10 Å². The van der Waals surface area contributed by atoms with E-state index >= 15 is 0 Å². The van der Waals surface area contributed by atoms with Gasteiger partial charge in [0.25, 0.3) is 0 Å². The minimum Gasteiger partial charge on any atom is -0.409 e. The number of oxime groups is 1. The number of halogens is 1. The zero-order valence-corrected chi connectivity index (χ0v) is 8.47. The fourth-order valence-electron chi connectivity index (χ4n) is 0.740. The van der Waals surface area contributed by atoms with Gasteiger partial charge in [0, 0.05) is 19.2 Å². The molecule has 0 saturated carbocycles. The van der Waals surface area contributed by atoms with Gasteiger partial charge < -0.3 is 10.9 Å². The molecule has 0 saturated heterocycles. The number of aryl methyl sites for hydroxylation is 1. The summed E-state index contributed by atoms with van der Waals surface area (Å²) in [5, 5.41) is 15.2. The molecule has 0 spiro atoms. The normalized spacial score (nSPS) is 11.9. The van der Waals surface area contributed by atoms with Crippen LogP contribution in [0.3, 0.4) is 0 Å². The van der Waals surface area contributed by atoms with Gasteiger partial charge in [0.2, 0.25) is 0 Å². The molecule has 1 aromatic heterocycles. The van der Waals surface area contributed by atoms with Crippen LogP contribution in [-0.4, -0.2) is 20.8 Å². The molecule has 66 valence electrons. The molecule has 0 radical (unpaired) electrons. The highest BCUT2D eigenvalue weighted by molar-refractivity contribution is 14.1. The second kappa shape index (κ2) is 4.29. The van der Waals surface area contributed by atoms with Crippen LogP contribution >= 0.6 is 22.6 Å². The highest BCUT2D eigenvalue weighted by atomic mass is 127. The number of nitrogens with two attached hydrogens (primary N) is 1. The van der Waals surface area contributed by atoms with Gasteiger partial charge in [-0.1, -0.05) is 5.16 Å². The Hall–Kier alpha value is -0.790. The number of amidine groups is 1. The molecule has 3 N–H and O–H groups in total. The lowest BCUT2D eigenvalue weighted by atomic mass is 10.4. The Balaban J connectivity index is 2.43. The lowest BCUT2D eigenvalue weighted by Gasteiger charge is -1.98. The summed E-state index contributed by atoms with van der Waals surface area (Å²) < 4.78 is 2.83. The monoisotopic (exact) mass is 280 g/mol. The summed E-state index contributed by atoms with van der Waals surface area (Å²) in [6.07, 6.45) is 4.16. The largest absolute Gasteiger partial charge is 0.409 e. The van der Waals surface area contributed by atoms with E-state index in [2.05, 4.69) is 32.8 Å². The number of hydrogen-bond donors (Lipinski definition) is 2. The molecule has 0 aliphatic rings. The van der Waals surface area contributed by atoms with Crippen LogP contribution in [0.4, 0.5) is 0 Å². The highest BCUT2D eigenvalue weighted by Gasteiger charge is 1.96. The molecule has 0 atom stereocenters. The first-order valence-corrected chi connectivity index (χ1v) is 4.44.